The fourth-order valence-electron chi connectivity index (χ4n) is 3.93. The van der Waals surface area contributed by atoms with Crippen LogP contribution in [0, 0.1) is 12.7 Å². The Morgan fingerprint density at radius 3 is 2.26 bits per heavy atom. The van der Waals surface area contributed by atoms with Crippen molar-refractivity contribution in [3.8, 4) is 0 Å². The number of hydrogen-bond acceptors (Lipinski definition) is 2. The molecule has 4 aromatic carbocycles. The van der Waals surface area contributed by atoms with Crippen molar-refractivity contribution in [1.29, 1.82) is 0 Å². The third-order valence-electron chi connectivity index (χ3n) is 5.66. The van der Waals surface area contributed by atoms with Crippen LogP contribution in [0.15, 0.2) is 103 Å². The summed E-state index contributed by atoms with van der Waals surface area (Å²) in [5, 5.41) is 2.96. The molecule has 176 valence electrons. The maximum Gasteiger partial charge on any atom is 0.258 e. The van der Waals surface area contributed by atoms with Crippen molar-refractivity contribution in [2.45, 2.75) is 26.4 Å². The van der Waals surface area contributed by atoms with E-state index in [-0.39, 0.29) is 23.8 Å². The predicted molar refractivity (Wildman–Crippen MR) is 137 cm³/mol. The second-order valence-electron chi connectivity index (χ2n) is 8.50. The van der Waals surface area contributed by atoms with Gasteiger partial charge in [0.05, 0.1) is 13.0 Å². The van der Waals surface area contributed by atoms with Gasteiger partial charge in [-0.25, -0.2) is 4.39 Å². The summed E-state index contributed by atoms with van der Waals surface area (Å²) in [7, 11) is 0. The fourth-order valence-corrected chi connectivity index (χ4v) is 3.93. The van der Waals surface area contributed by atoms with Crippen LogP contribution in [0.4, 0.5) is 10.1 Å². The summed E-state index contributed by atoms with van der Waals surface area (Å²) >= 11 is 0. The lowest BCUT2D eigenvalue weighted by molar-refractivity contribution is -0.120. The Hall–Kier alpha value is -4.25. The molecule has 0 aromatic heterocycles. The standard InChI is InChI=1S/C30H27FN2O2/c1-22-8-5-12-25(16-22)20-32-29(34)18-24-11-6-15-28(17-24)33(21-23-9-3-2-4-10-23)30(35)26-13-7-14-27(31)19-26/h2-17,19H,18,20-21H2,1H3,(H,32,34). The van der Waals surface area contributed by atoms with Crippen LogP contribution >= 0.6 is 0 Å². The molecule has 0 saturated carbocycles. The van der Waals surface area contributed by atoms with Gasteiger partial charge in [-0.15, -0.1) is 0 Å². The number of rotatable bonds is 8. The van der Waals surface area contributed by atoms with Gasteiger partial charge in [0.25, 0.3) is 5.91 Å². The maximum atomic E-state index is 13.8. The Labute approximate surface area is 205 Å². The first-order valence-corrected chi connectivity index (χ1v) is 11.5. The van der Waals surface area contributed by atoms with Gasteiger partial charge in [0, 0.05) is 17.8 Å². The minimum absolute atomic E-state index is 0.102. The first-order chi connectivity index (χ1) is 17.0. The van der Waals surface area contributed by atoms with Gasteiger partial charge in [-0.05, 0) is 53.9 Å². The highest BCUT2D eigenvalue weighted by atomic mass is 19.1. The molecule has 1 N–H and O–H groups in total. The second-order valence-corrected chi connectivity index (χ2v) is 8.50. The number of nitrogens with one attached hydrogen (secondary N) is 1. The van der Waals surface area contributed by atoms with E-state index in [2.05, 4.69) is 5.32 Å². The smallest absolute Gasteiger partial charge is 0.258 e. The van der Waals surface area contributed by atoms with E-state index in [0.717, 1.165) is 22.3 Å². The van der Waals surface area contributed by atoms with Gasteiger partial charge in [-0.2, -0.15) is 0 Å². The molecule has 5 heteroatoms. The molecule has 0 spiro atoms. The van der Waals surface area contributed by atoms with Gasteiger partial charge < -0.3 is 10.2 Å². The van der Waals surface area contributed by atoms with Crippen LogP contribution in [0.2, 0.25) is 0 Å². The molecule has 0 saturated heterocycles. The van der Waals surface area contributed by atoms with Gasteiger partial charge >= 0.3 is 0 Å². The number of anilines is 1. The molecule has 4 nitrogen and oxygen atoms in total. The van der Waals surface area contributed by atoms with E-state index < -0.39 is 5.82 Å². The lowest BCUT2D eigenvalue weighted by atomic mass is 10.1. The average Bonchev–Trinajstić information content (AvgIpc) is 2.86. The summed E-state index contributed by atoms with van der Waals surface area (Å²) in [5.74, 6) is -0.876. The third-order valence-corrected chi connectivity index (χ3v) is 5.66. The van der Waals surface area contributed by atoms with E-state index >= 15 is 0 Å². The van der Waals surface area contributed by atoms with E-state index in [1.54, 1.807) is 11.0 Å². The van der Waals surface area contributed by atoms with E-state index in [9.17, 15) is 14.0 Å². The number of benzene rings is 4. The van der Waals surface area contributed by atoms with Gasteiger partial charge in [0.15, 0.2) is 0 Å². The SMILES string of the molecule is Cc1cccc(CNC(=O)Cc2cccc(N(Cc3ccccc3)C(=O)c3cccc(F)c3)c2)c1. The Kier molecular flexibility index (Phi) is 7.68. The van der Waals surface area contributed by atoms with Crippen molar-refractivity contribution in [3.05, 3.63) is 137 Å². The Balaban J connectivity index is 1.53. The van der Waals surface area contributed by atoms with Crippen LogP contribution in [-0.4, -0.2) is 11.8 Å². The Morgan fingerprint density at radius 2 is 1.49 bits per heavy atom. The molecule has 0 aliphatic heterocycles. The van der Waals surface area contributed by atoms with Crippen LogP contribution in [0.1, 0.15) is 32.6 Å². The minimum Gasteiger partial charge on any atom is -0.352 e. The van der Waals surface area contributed by atoms with Gasteiger partial charge in [-0.3, -0.25) is 9.59 Å². The first-order valence-electron chi connectivity index (χ1n) is 11.5. The van der Waals surface area contributed by atoms with Crippen molar-refractivity contribution >= 4 is 17.5 Å². The van der Waals surface area contributed by atoms with Crippen molar-refractivity contribution in [2.24, 2.45) is 0 Å². The van der Waals surface area contributed by atoms with Crippen molar-refractivity contribution in [2.75, 3.05) is 4.90 Å². The summed E-state index contributed by atoms with van der Waals surface area (Å²) < 4.78 is 13.8. The third kappa shape index (κ3) is 6.64. The number of aryl methyl sites for hydroxylation is 1. The van der Waals surface area contributed by atoms with Gasteiger partial charge in [0.2, 0.25) is 5.91 Å². The number of carbonyl (C=O) groups excluding carboxylic acids is 2. The number of hydrogen-bond donors (Lipinski definition) is 1. The Bertz CT molecular complexity index is 1320. The molecular weight excluding hydrogens is 439 g/mol. The van der Waals surface area contributed by atoms with Crippen LogP contribution in [-0.2, 0) is 24.3 Å². The van der Waals surface area contributed by atoms with Crippen LogP contribution in [0.3, 0.4) is 0 Å². The summed E-state index contributed by atoms with van der Waals surface area (Å²) in [6.45, 7) is 2.79. The average molecular weight is 467 g/mol. The normalized spacial score (nSPS) is 10.6. The molecule has 35 heavy (non-hydrogen) atoms. The van der Waals surface area contributed by atoms with Crippen molar-refractivity contribution < 1.29 is 14.0 Å². The van der Waals surface area contributed by atoms with E-state index in [4.69, 9.17) is 0 Å². The molecule has 0 aliphatic carbocycles. The molecular formula is C30H27FN2O2. The molecule has 0 fully saturated rings. The summed E-state index contributed by atoms with van der Waals surface area (Å²) in [4.78, 5) is 27.6. The molecule has 0 heterocycles. The Morgan fingerprint density at radius 1 is 0.771 bits per heavy atom. The zero-order chi connectivity index (χ0) is 24.6. The largest absolute Gasteiger partial charge is 0.352 e. The quantitative estimate of drug-likeness (QED) is 0.355. The molecule has 0 bridgehead atoms. The molecule has 4 aromatic rings. The lowest BCUT2D eigenvalue weighted by Gasteiger charge is -2.24. The molecule has 0 unspecified atom stereocenters. The van der Waals surface area contributed by atoms with Gasteiger partial charge in [-0.1, -0.05) is 78.4 Å². The number of halogens is 1. The van der Waals surface area contributed by atoms with Crippen molar-refractivity contribution in [1.82, 2.24) is 5.32 Å². The fraction of sp³-hybridized carbons (Fsp3) is 0.133. The van der Waals surface area contributed by atoms with Crippen LogP contribution in [0.5, 0.6) is 0 Å². The highest BCUT2D eigenvalue weighted by Crippen LogP contribution is 2.22. The summed E-state index contributed by atoms with van der Waals surface area (Å²) in [5.41, 5.74) is 4.83. The zero-order valence-electron chi connectivity index (χ0n) is 19.6. The van der Waals surface area contributed by atoms with Crippen LogP contribution in [0.25, 0.3) is 0 Å². The first kappa shape index (κ1) is 23.9. The molecule has 0 atom stereocenters. The van der Waals surface area contributed by atoms with Crippen LogP contribution < -0.4 is 10.2 Å². The maximum absolute atomic E-state index is 13.8. The predicted octanol–water partition coefficient (Wildman–Crippen LogP) is 5.84. The number of carbonyl (C=O) groups is 2. The second kappa shape index (κ2) is 11.3. The molecule has 4 rings (SSSR count). The van der Waals surface area contributed by atoms with Crippen molar-refractivity contribution in [3.63, 3.8) is 0 Å². The molecule has 2 amide bonds. The highest BCUT2D eigenvalue weighted by molar-refractivity contribution is 6.06. The van der Waals surface area contributed by atoms with Gasteiger partial charge in [0.1, 0.15) is 5.82 Å². The molecule has 0 radical (unpaired) electrons. The van der Waals surface area contributed by atoms with E-state index in [0.29, 0.717) is 18.8 Å². The lowest BCUT2D eigenvalue weighted by Crippen LogP contribution is -2.30. The molecule has 0 aliphatic rings. The summed E-state index contributed by atoms with van der Waals surface area (Å²) in [6.07, 6.45) is 0.187. The summed E-state index contributed by atoms with van der Waals surface area (Å²) in [6, 6.07) is 30.7. The highest BCUT2D eigenvalue weighted by Gasteiger charge is 2.19. The number of nitrogens with zero attached hydrogens (tertiary/aromatic N) is 1. The zero-order valence-corrected chi connectivity index (χ0v) is 19.6. The van der Waals surface area contributed by atoms with E-state index in [1.165, 1.54) is 18.2 Å². The number of amides is 2. The van der Waals surface area contributed by atoms with E-state index in [1.807, 2.05) is 85.8 Å². The minimum atomic E-state index is -0.463. The topological polar surface area (TPSA) is 49.4 Å². The monoisotopic (exact) mass is 466 g/mol.